The zero-order valence-corrected chi connectivity index (χ0v) is 20.1. The summed E-state index contributed by atoms with van der Waals surface area (Å²) in [7, 11) is -1.07. The van der Waals surface area contributed by atoms with Gasteiger partial charge in [0.05, 0.1) is 28.6 Å². The van der Waals surface area contributed by atoms with Crippen LogP contribution in [0.25, 0.3) is 0 Å². The van der Waals surface area contributed by atoms with Crippen molar-refractivity contribution in [1.82, 2.24) is 9.97 Å². The molecule has 2 fully saturated rings. The van der Waals surface area contributed by atoms with Crippen LogP contribution in [0.15, 0.2) is 23.1 Å². The quantitative estimate of drug-likeness (QED) is 0.699. The minimum atomic E-state index is -1.07. The molecule has 2 aliphatic heterocycles. The van der Waals surface area contributed by atoms with Gasteiger partial charge in [-0.2, -0.15) is 4.98 Å². The summed E-state index contributed by atoms with van der Waals surface area (Å²) in [6.07, 6.45) is 10.7. The fourth-order valence-corrected chi connectivity index (χ4v) is 7.36. The second-order valence-electron chi connectivity index (χ2n) is 10.4. The highest BCUT2D eigenvalue weighted by molar-refractivity contribution is 7.85. The molecule has 33 heavy (non-hydrogen) atoms. The fraction of sp³-hybridized carbons (Fsp3) is 0.615. The Kier molecular flexibility index (Phi) is 5.65. The van der Waals surface area contributed by atoms with E-state index in [0.29, 0.717) is 17.5 Å². The highest BCUT2D eigenvalue weighted by Crippen LogP contribution is 2.39. The summed E-state index contributed by atoms with van der Waals surface area (Å²) in [6.45, 7) is 1.96. The Morgan fingerprint density at radius 1 is 1.06 bits per heavy atom. The number of aryl methyl sites for hydroxylation is 3. The lowest BCUT2D eigenvalue weighted by molar-refractivity contribution is 0.143. The lowest BCUT2D eigenvalue weighted by atomic mass is 9.77. The van der Waals surface area contributed by atoms with E-state index in [0.717, 1.165) is 74.6 Å². The summed E-state index contributed by atoms with van der Waals surface area (Å²) in [6, 6.07) is 7.17. The Hall–Kier alpha value is -1.99. The average molecular weight is 467 g/mol. The van der Waals surface area contributed by atoms with Gasteiger partial charge < -0.3 is 15.3 Å². The molecule has 6 nitrogen and oxygen atoms in total. The smallest absolute Gasteiger partial charge is 0.227 e. The van der Waals surface area contributed by atoms with E-state index in [-0.39, 0.29) is 12.1 Å². The molecule has 1 atom stereocenters. The third-order valence-corrected chi connectivity index (χ3v) is 9.81. The van der Waals surface area contributed by atoms with Crippen molar-refractivity contribution >= 4 is 22.6 Å². The summed E-state index contributed by atoms with van der Waals surface area (Å²) < 4.78 is 12.9. The van der Waals surface area contributed by atoms with E-state index < -0.39 is 10.8 Å². The van der Waals surface area contributed by atoms with E-state index in [9.17, 15) is 9.32 Å². The van der Waals surface area contributed by atoms with Gasteiger partial charge in [-0.3, -0.25) is 4.21 Å². The largest absolute Gasteiger partial charge is 0.394 e. The van der Waals surface area contributed by atoms with E-state index >= 15 is 0 Å². The minimum absolute atomic E-state index is 0.0833. The number of anilines is 2. The summed E-state index contributed by atoms with van der Waals surface area (Å²) in [5.74, 6) is 2.72. The Morgan fingerprint density at radius 2 is 1.88 bits per heavy atom. The normalized spacial score (nSPS) is 24.2. The maximum Gasteiger partial charge on any atom is 0.227 e. The van der Waals surface area contributed by atoms with Crippen molar-refractivity contribution in [3.05, 3.63) is 40.6 Å². The number of aromatic nitrogens is 2. The molecule has 7 heteroatoms. The predicted molar refractivity (Wildman–Crippen MR) is 132 cm³/mol. The number of aliphatic hydroxyl groups is 1. The van der Waals surface area contributed by atoms with Gasteiger partial charge in [-0.25, -0.2) is 4.98 Å². The van der Waals surface area contributed by atoms with E-state index in [2.05, 4.69) is 28.4 Å². The Morgan fingerprint density at radius 3 is 2.64 bits per heavy atom. The van der Waals surface area contributed by atoms with Crippen LogP contribution in [0.1, 0.15) is 73.2 Å². The third kappa shape index (κ3) is 3.97. The Balaban J connectivity index is 1.23. The standard InChI is InChI=1S/C26H34N4O2S/c31-17-26(11-3-12-26)29-24-23-22(6-2-15-33(23)32)27-25(28-24)30-13-9-19(10-14-30)21-8-7-18-4-1-5-20(18)16-21/h7-8,16,19,31H,1-6,9-15,17H2,(H,27,28,29)/t33-/m0/s1. The van der Waals surface area contributed by atoms with E-state index in [4.69, 9.17) is 9.97 Å². The molecule has 0 spiro atoms. The minimum Gasteiger partial charge on any atom is -0.394 e. The molecule has 2 N–H and O–H groups in total. The molecular weight excluding hydrogens is 432 g/mol. The summed E-state index contributed by atoms with van der Waals surface area (Å²) in [5.41, 5.74) is 5.21. The van der Waals surface area contributed by atoms with Gasteiger partial charge in [0.2, 0.25) is 5.95 Å². The van der Waals surface area contributed by atoms with Crippen LogP contribution in [0.5, 0.6) is 0 Å². The first-order valence-corrected chi connectivity index (χ1v) is 14.0. The molecule has 1 aromatic heterocycles. The van der Waals surface area contributed by atoms with E-state index in [1.54, 1.807) is 11.1 Å². The van der Waals surface area contributed by atoms with Crippen molar-refractivity contribution in [2.24, 2.45) is 0 Å². The van der Waals surface area contributed by atoms with Crippen LogP contribution in [-0.2, 0) is 30.1 Å². The highest BCUT2D eigenvalue weighted by Gasteiger charge is 2.38. The lowest BCUT2D eigenvalue weighted by Gasteiger charge is -2.42. The van der Waals surface area contributed by atoms with Crippen LogP contribution < -0.4 is 10.2 Å². The molecule has 0 radical (unpaired) electrons. The van der Waals surface area contributed by atoms with Crippen molar-refractivity contribution in [2.75, 3.05) is 35.7 Å². The van der Waals surface area contributed by atoms with Gasteiger partial charge in [-0.1, -0.05) is 18.2 Å². The molecule has 1 saturated heterocycles. The van der Waals surface area contributed by atoms with Gasteiger partial charge in [0.15, 0.2) is 0 Å². The molecule has 6 rings (SSSR count). The first-order valence-electron chi connectivity index (χ1n) is 12.7. The van der Waals surface area contributed by atoms with E-state index in [1.165, 1.54) is 24.8 Å². The van der Waals surface area contributed by atoms with Crippen molar-refractivity contribution in [2.45, 2.75) is 80.6 Å². The Bertz CT molecular complexity index is 1070. The number of benzene rings is 1. The molecule has 2 aliphatic carbocycles. The van der Waals surface area contributed by atoms with Crippen LogP contribution in [0.2, 0.25) is 0 Å². The zero-order valence-electron chi connectivity index (χ0n) is 19.3. The number of hydrogen-bond acceptors (Lipinski definition) is 6. The van der Waals surface area contributed by atoms with Crippen molar-refractivity contribution in [1.29, 1.82) is 0 Å². The second kappa shape index (κ2) is 8.66. The van der Waals surface area contributed by atoms with Crippen molar-refractivity contribution in [3.63, 3.8) is 0 Å². The SMILES string of the molecule is O=[S@]1CCCc2nc(N3CCC(c4ccc5c(c4)CCC5)CC3)nc(NC3(CO)CCC3)c21. The fourth-order valence-electron chi connectivity index (χ4n) is 6.03. The highest BCUT2D eigenvalue weighted by atomic mass is 32.2. The first-order chi connectivity index (χ1) is 16.1. The molecule has 0 unspecified atom stereocenters. The van der Waals surface area contributed by atoms with Crippen LogP contribution in [0.4, 0.5) is 11.8 Å². The number of fused-ring (bicyclic) bond motifs is 2. The van der Waals surface area contributed by atoms with Gasteiger partial charge in [-0.05, 0) is 86.8 Å². The van der Waals surface area contributed by atoms with E-state index in [1.807, 2.05) is 0 Å². The van der Waals surface area contributed by atoms with Crippen LogP contribution in [-0.4, -0.2) is 50.3 Å². The maximum absolute atomic E-state index is 12.9. The number of hydrogen-bond donors (Lipinski definition) is 2. The van der Waals surface area contributed by atoms with Gasteiger partial charge >= 0.3 is 0 Å². The molecule has 0 amide bonds. The molecule has 2 aromatic rings. The number of piperidine rings is 1. The first kappa shape index (κ1) is 21.5. The molecule has 1 aromatic carbocycles. The second-order valence-corrected chi connectivity index (χ2v) is 11.9. The topological polar surface area (TPSA) is 78.4 Å². The van der Waals surface area contributed by atoms with Gasteiger partial charge in [0.25, 0.3) is 0 Å². The molecule has 0 bridgehead atoms. The number of aliphatic hydroxyl groups excluding tert-OH is 1. The third-order valence-electron chi connectivity index (χ3n) is 8.26. The number of nitrogens with zero attached hydrogens (tertiary/aromatic N) is 3. The number of nitrogens with one attached hydrogen (secondary N) is 1. The zero-order chi connectivity index (χ0) is 22.4. The summed E-state index contributed by atoms with van der Waals surface area (Å²) in [4.78, 5) is 12.9. The summed E-state index contributed by atoms with van der Waals surface area (Å²) in [5, 5.41) is 13.5. The predicted octanol–water partition coefficient (Wildman–Crippen LogP) is 3.73. The van der Waals surface area contributed by atoms with Crippen molar-refractivity contribution in [3.8, 4) is 0 Å². The summed E-state index contributed by atoms with van der Waals surface area (Å²) >= 11 is 0. The maximum atomic E-state index is 12.9. The van der Waals surface area contributed by atoms with Gasteiger partial charge in [0.1, 0.15) is 10.7 Å². The molecular formula is C26H34N4O2S. The Labute approximate surface area is 198 Å². The van der Waals surface area contributed by atoms with Crippen LogP contribution >= 0.6 is 0 Å². The average Bonchev–Trinajstić information content (AvgIpc) is 3.29. The number of rotatable bonds is 5. The molecule has 1 saturated carbocycles. The van der Waals surface area contributed by atoms with Crippen LogP contribution in [0.3, 0.4) is 0 Å². The molecule has 4 aliphatic rings. The van der Waals surface area contributed by atoms with Gasteiger partial charge in [-0.15, -0.1) is 0 Å². The monoisotopic (exact) mass is 466 g/mol. The lowest BCUT2D eigenvalue weighted by Crippen LogP contribution is -2.49. The van der Waals surface area contributed by atoms with Crippen LogP contribution in [0, 0.1) is 0 Å². The van der Waals surface area contributed by atoms with Crippen molar-refractivity contribution < 1.29 is 9.32 Å². The van der Waals surface area contributed by atoms with Gasteiger partial charge in [0, 0.05) is 18.8 Å². The molecule has 176 valence electrons. The molecule has 3 heterocycles.